The maximum atomic E-state index is 12.5. The third-order valence-corrected chi connectivity index (χ3v) is 4.88. The minimum Gasteiger partial charge on any atom is -0.374 e. The van der Waals surface area contributed by atoms with Crippen LogP contribution in [-0.2, 0) is 4.74 Å². The second kappa shape index (κ2) is 14.1. The highest BCUT2D eigenvalue weighted by atomic mass is 127. The van der Waals surface area contributed by atoms with E-state index < -0.39 is 12.7 Å². The SMILES string of the molecule is CCNC(=NCC1CCN(CC(F)(F)F)C1)NCCCOC(C)c1ccccc1.I. The van der Waals surface area contributed by atoms with Crippen molar-refractivity contribution in [3.8, 4) is 0 Å². The number of rotatable bonds is 10. The molecule has 0 spiro atoms. The maximum absolute atomic E-state index is 12.5. The highest BCUT2D eigenvalue weighted by molar-refractivity contribution is 14.0. The van der Waals surface area contributed by atoms with Gasteiger partial charge in [-0.05, 0) is 44.7 Å². The highest BCUT2D eigenvalue weighted by Crippen LogP contribution is 2.22. The average molecular weight is 542 g/mol. The second-order valence-electron chi connectivity index (χ2n) is 7.43. The summed E-state index contributed by atoms with van der Waals surface area (Å²) in [4.78, 5) is 6.02. The van der Waals surface area contributed by atoms with E-state index in [1.807, 2.05) is 32.0 Å². The van der Waals surface area contributed by atoms with Crippen molar-refractivity contribution in [2.75, 3.05) is 45.9 Å². The maximum Gasteiger partial charge on any atom is 0.401 e. The van der Waals surface area contributed by atoms with Crippen LogP contribution >= 0.6 is 24.0 Å². The zero-order valence-corrected chi connectivity index (χ0v) is 20.1. The van der Waals surface area contributed by atoms with E-state index in [9.17, 15) is 13.2 Å². The van der Waals surface area contributed by atoms with Crippen LogP contribution in [0, 0.1) is 5.92 Å². The van der Waals surface area contributed by atoms with E-state index in [2.05, 4.69) is 27.8 Å². The van der Waals surface area contributed by atoms with Gasteiger partial charge in [0.1, 0.15) is 0 Å². The van der Waals surface area contributed by atoms with Gasteiger partial charge in [-0.2, -0.15) is 13.2 Å². The number of ether oxygens (including phenoxy) is 1. The van der Waals surface area contributed by atoms with Crippen molar-refractivity contribution in [1.29, 1.82) is 0 Å². The van der Waals surface area contributed by atoms with Crippen molar-refractivity contribution in [2.45, 2.75) is 39.0 Å². The summed E-state index contributed by atoms with van der Waals surface area (Å²) in [7, 11) is 0. The van der Waals surface area contributed by atoms with Gasteiger partial charge in [0.05, 0.1) is 12.6 Å². The first-order chi connectivity index (χ1) is 13.9. The lowest BCUT2D eigenvalue weighted by atomic mass is 10.1. The van der Waals surface area contributed by atoms with Crippen LogP contribution in [0.4, 0.5) is 13.2 Å². The Kier molecular flexibility index (Phi) is 12.7. The Hall–Kier alpha value is -1.07. The Morgan fingerprint density at radius 2 is 2.00 bits per heavy atom. The van der Waals surface area contributed by atoms with Gasteiger partial charge in [0.25, 0.3) is 0 Å². The van der Waals surface area contributed by atoms with Crippen molar-refractivity contribution in [3.05, 3.63) is 35.9 Å². The molecule has 2 unspecified atom stereocenters. The number of halogens is 4. The summed E-state index contributed by atoms with van der Waals surface area (Å²) in [5.74, 6) is 0.876. The van der Waals surface area contributed by atoms with Crippen LogP contribution in [0.5, 0.6) is 0 Å². The number of likely N-dealkylation sites (tertiary alicyclic amines) is 1. The Morgan fingerprint density at radius 1 is 1.27 bits per heavy atom. The third kappa shape index (κ3) is 10.8. The molecule has 0 bridgehead atoms. The van der Waals surface area contributed by atoms with Gasteiger partial charge in [-0.1, -0.05) is 30.3 Å². The number of hydrogen-bond acceptors (Lipinski definition) is 3. The Bertz CT molecular complexity index is 616. The molecule has 0 aromatic heterocycles. The monoisotopic (exact) mass is 542 g/mol. The lowest BCUT2D eigenvalue weighted by Gasteiger charge is -2.17. The molecule has 1 aromatic carbocycles. The van der Waals surface area contributed by atoms with Gasteiger partial charge >= 0.3 is 6.18 Å². The summed E-state index contributed by atoms with van der Waals surface area (Å²) in [6.07, 6.45) is -2.48. The predicted octanol–water partition coefficient (Wildman–Crippen LogP) is 4.21. The topological polar surface area (TPSA) is 48.9 Å². The first-order valence-electron chi connectivity index (χ1n) is 10.3. The van der Waals surface area contributed by atoms with Crippen molar-refractivity contribution < 1.29 is 17.9 Å². The van der Waals surface area contributed by atoms with Crippen LogP contribution < -0.4 is 10.6 Å². The molecule has 0 aliphatic carbocycles. The van der Waals surface area contributed by atoms with Gasteiger partial charge in [-0.3, -0.25) is 9.89 Å². The minimum atomic E-state index is -4.13. The van der Waals surface area contributed by atoms with E-state index in [1.54, 1.807) is 0 Å². The summed E-state index contributed by atoms with van der Waals surface area (Å²) < 4.78 is 43.4. The summed E-state index contributed by atoms with van der Waals surface area (Å²) >= 11 is 0. The summed E-state index contributed by atoms with van der Waals surface area (Å²) in [5.41, 5.74) is 1.16. The molecule has 0 radical (unpaired) electrons. The molecule has 9 heteroatoms. The summed E-state index contributed by atoms with van der Waals surface area (Å²) in [5, 5.41) is 6.46. The van der Waals surface area contributed by atoms with E-state index in [1.165, 1.54) is 4.90 Å². The van der Waals surface area contributed by atoms with Crippen LogP contribution in [-0.4, -0.2) is 62.9 Å². The van der Waals surface area contributed by atoms with E-state index >= 15 is 0 Å². The molecule has 5 nitrogen and oxygen atoms in total. The van der Waals surface area contributed by atoms with Gasteiger partial charge < -0.3 is 15.4 Å². The Morgan fingerprint density at radius 3 is 2.67 bits per heavy atom. The van der Waals surface area contributed by atoms with Gasteiger partial charge in [-0.25, -0.2) is 0 Å². The molecule has 2 atom stereocenters. The van der Waals surface area contributed by atoms with Crippen LogP contribution in [0.3, 0.4) is 0 Å². The van der Waals surface area contributed by atoms with Gasteiger partial charge in [0.2, 0.25) is 0 Å². The average Bonchev–Trinajstić information content (AvgIpc) is 3.11. The zero-order valence-electron chi connectivity index (χ0n) is 17.8. The molecule has 0 saturated carbocycles. The second-order valence-corrected chi connectivity index (χ2v) is 7.43. The van der Waals surface area contributed by atoms with Crippen molar-refractivity contribution >= 4 is 29.9 Å². The molecular weight excluding hydrogens is 508 g/mol. The number of benzene rings is 1. The van der Waals surface area contributed by atoms with E-state index in [0.29, 0.717) is 32.2 Å². The molecule has 30 heavy (non-hydrogen) atoms. The molecule has 1 aliphatic rings. The number of guanidine groups is 1. The minimum absolute atomic E-state index is 0. The highest BCUT2D eigenvalue weighted by Gasteiger charge is 2.34. The molecular formula is C21H34F3IN4O. The first-order valence-corrected chi connectivity index (χ1v) is 10.3. The lowest BCUT2D eigenvalue weighted by molar-refractivity contribution is -0.143. The normalized spacial score (nSPS) is 18.7. The van der Waals surface area contributed by atoms with E-state index in [0.717, 1.165) is 31.5 Å². The molecule has 1 heterocycles. The molecule has 2 N–H and O–H groups in total. The summed E-state index contributed by atoms with van der Waals surface area (Å²) in [6.45, 7) is 6.76. The number of aliphatic imine (C=N–C) groups is 1. The quantitative estimate of drug-likeness (QED) is 0.201. The van der Waals surface area contributed by atoms with Crippen LogP contribution in [0.25, 0.3) is 0 Å². The van der Waals surface area contributed by atoms with Crippen molar-refractivity contribution in [1.82, 2.24) is 15.5 Å². The van der Waals surface area contributed by atoms with Crippen LogP contribution in [0.2, 0.25) is 0 Å². The first kappa shape index (κ1) is 27.0. The Labute approximate surface area is 194 Å². The lowest BCUT2D eigenvalue weighted by Crippen LogP contribution is -2.38. The van der Waals surface area contributed by atoms with E-state index in [4.69, 9.17) is 4.74 Å². The molecule has 1 aliphatic heterocycles. The smallest absolute Gasteiger partial charge is 0.374 e. The summed E-state index contributed by atoms with van der Waals surface area (Å²) in [6, 6.07) is 10.1. The van der Waals surface area contributed by atoms with Crippen molar-refractivity contribution in [2.24, 2.45) is 10.9 Å². The number of alkyl halides is 3. The molecule has 1 aromatic rings. The molecule has 2 rings (SSSR count). The van der Waals surface area contributed by atoms with Crippen LogP contribution in [0.1, 0.15) is 38.4 Å². The largest absolute Gasteiger partial charge is 0.401 e. The zero-order chi connectivity index (χ0) is 21.1. The molecule has 172 valence electrons. The molecule has 0 amide bonds. The molecule has 1 fully saturated rings. The van der Waals surface area contributed by atoms with E-state index in [-0.39, 0.29) is 36.0 Å². The molecule has 1 saturated heterocycles. The Balaban J connectivity index is 0.00000450. The fourth-order valence-electron chi connectivity index (χ4n) is 3.38. The van der Waals surface area contributed by atoms with Gasteiger partial charge in [-0.15, -0.1) is 24.0 Å². The predicted molar refractivity (Wildman–Crippen MR) is 125 cm³/mol. The fourth-order valence-corrected chi connectivity index (χ4v) is 3.38. The third-order valence-electron chi connectivity index (χ3n) is 4.88. The van der Waals surface area contributed by atoms with Crippen LogP contribution in [0.15, 0.2) is 35.3 Å². The number of nitrogens with one attached hydrogen (secondary N) is 2. The standard InChI is InChI=1S/C21H33F3N4O.HI/c1-3-25-20(27-14-18-10-12-28(15-18)16-21(22,23)24)26-11-7-13-29-17(2)19-8-5-4-6-9-19;/h4-6,8-9,17-18H,3,7,10-16H2,1-2H3,(H2,25,26,27);1H. The van der Waals surface area contributed by atoms with Gasteiger partial charge in [0, 0.05) is 32.8 Å². The van der Waals surface area contributed by atoms with Crippen molar-refractivity contribution in [3.63, 3.8) is 0 Å². The van der Waals surface area contributed by atoms with Gasteiger partial charge in [0.15, 0.2) is 5.96 Å². The number of nitrogens with zero attached hydrogens (tertiary/aromatic N) is 2. The number of hydrogen-bond donors (Lipinski definition) is 2. The fraction of sp³-hybridized carbons (Fsp3) is 0.667.